The summed E-state index contributed by atoms with van der Waals surface area (Å²) in [6.07, 6.45) is 2.11. The Morgan fingerprint density at radius 3 is 2.41 bits per heavy atom. The van der Waals surface area contributed by atoms with Crippen molar-refractivity contribution in [2.45, 2.75) is 59.2 Å². The van der Waals surface area contributed by atoms with E-state index in [4.69, 9.17) is 21.1 Å². The maximum Gasteiger partial charge on any atom is 0.419 e. The van der Waals surface area contributed by atoms with Gasteiger partial charge in [0, 0.05) is 6.20 Å². The van der Waals surface area contributed by atoms with E-state index in [0.29, 0.717) is 5.69 Å². The van der Waals surface area contributed by atoms with Gasteiger partial charge >= 0.3 is 6.09 Å². The van der Waals surface area contributed by atoms with Crippen LogP contribution in [-0.4, -0.2) is 43.6 Å². The van der Waals surface area contributed by atoms with Gasteiger partial charge in [-0.3, -0.25) is 4.98 Å². The molecule has 0 bridgehead atoms. The molecule has 27 heavy (non-hydrogen) atoms. The highest BCUT2D eigenvalue weighted by Gasteiger charge is 2.34. The number of hydrogen-bond acceptors (Lipinski definition) is 6. The summed E-state index contributed by atoms with van der Waals surface area (Å²) >= 11 is 6.44. The molecule has 0 saturated heterocycles. The summed E-state index contributed by atoms with van der Waals surface area (Å²) in [6, 6.07) is 3.49. The predicted octanol–water partition coefficient (Wildman–Crippen LogP) is 3.75. The number of amides is 1. The molecule has 8 nitrogen and oxygen atoms in total. The first-order valence-corrected chi connectivity index (χ1v) is 8.79. The Hall–Kier alpha value is -2.16. The van der Waals surface area contributed by atoms with Crippen LogP contribution >= 0.6 is 11.6 Å². The molecule has 2 rings (SSSR count). The fourth-order valence-electron chi connectivity index (χ4n) is 2.13. The molecule has 1 atom stereocenters. The van der Waals surface area contributed by atoms with Crippen LogP contribution in [0.15, 0.2) is 30.7 Å². The Labute approximate surface area is 163 Å². The summed E-state index contributed by atoms with van der Waals surface area (Å²) < 4.78 is 12.3. The van der Waals surface area contributed by atoms with Gasteiger partial charge in [0.15, 0.2) is 5.15 Å². The molecule has 2 aromatic heterocycles. The van der Waals surface area contributed by atoms with Crippen molar-refractivity contribution in [1.82, 2.24) is 14.8 Å². The Balaban J connectivity index is 2.44. The highest BCUT2D eigenvalue weighted by atomic mass is 35.5. The van der Waals surface area contributed by atoms with E-state index >= 15 is 0 Å². The third kappa shape index (κ3) is 5.66. The minimum Gasteiger partial charge on any atom is -0.443 e. The highest BCUT2D eigenvalue weighted by Crippen LogP contribution is 2.31. The normalized spacial score (nSPS) is 13.3. The van der Waals surface area contributed by atoms with E-state index < -0.39 is 23.7 Å². The van der Waals surface area contributed by atoms with Crippen molar-refractivity contribution in [3.8, 4) is 5.69 Å². The van der Waals surface area contributed by atoms with Crippen molar-refractivity contribution in [3.05, 3.63) is 35.9 Å². The molecule has 0 spiro atoms. The Morgan fingerprint density at radius 2 is 1.89 bits per heavy atom. The van der Waals surface area contributed by atoms with Gasteiger partial charge < -0.3 is 14.6 Å². The predicted molar refractivity (Wildman–Crippen MR) is 102 cm³/mol. The van der Waals surface area contributed by atoms with Gasteiger partial charge in [-0.25, -0.2) is 14.4 Å². The van der Waals surface area contributed by atoms with Gasteiger partial charge in [0.2, 0.25) is 6.41 Å². The van der Waals surface area contributed by atoms with Crippen molar-refractivity contribution in [2.75, 3.05) is 4.90 Å². The van der Waals surface area contributed by atoms with Crippen LogP contribution in [0.25, 0.3) is 5.69 Å². The lowest BCUT2D eigenvalue weighted by Crippen LogP contribution is -2.47. The molecule has 1 unspecified atom stereocenters. The topological polar surface area (TPSA) is 89.7 Å². The lowest BCUT2D eigenvalue weighted by Gasteiger charge is -2.33. The molecule has 0 fully saturated rings. The van der Waals surface area contributed by atoms with Gasteiger partial charge in [-0.15, -0.1) is 0 Å². The lowest BCUT2D eigenvalue weighted by molar-refractivity contribution is -0.163. The Bertz CT molecular complexity index is 781. The molecule has 0 aliphatic heterocycles. The molecule has 2 aromatic rings. The first-order valence-electron chi connectivity index (χ1n) is 8.41. The molecule has 2 heterocycles. The highest BCUT2D eigenvalue weighted by molar-refractivity contribution is 6.33. The summed E-state index contributed by atoms with van der Waals surface area (Å²) in [5, 5.41) is 14.9. The standard InChI is InChI=1S/C18H25ClN4O4/c1-17(2,3)26-15(24)22(16(25)27-18(4,5)6)13-11-21-23(14(13)19)12-8-7-9-20-10-12/h7-11,15,24H,1-6H3. The molecule has 0 radical (unpaired) electrons. The maximum atomic E-state index is 12.7. The van der Waals surface area contributed by atoms with E-state index in [1.807, 2.05) is 0 Å². The monoisotopic (exact) mass is 396 g/mol. The fourth-order valence-corrected chi connectivity index (χ4v) is 2.41. The summed E-state index contributed by atoms with van der Waals surface area (Å²) in [6.45, 7) is 10.4. The van der Waals surface area contributed by atoms with Crippen LogP contribution < -0.4 is 4.90 Å². The van der Waals surface area contributed by atoms with E-state index in [0.717, 1.165) is 4.90 Å². The van der Waals surface area contributed by atoms with E-state index in [2.05, 4.69) is 10.1 Å². The van der Waals surface area contributed by atoms with Crippen LogP contribution in [0.2, 0.25) is 5.15 Å². The van der Waals surface area contributed by atoms with Crippen molar-refractivity contribution in [2.24, 2.45) is 0 Å². The van der Waals surface area contributed by atoms with Crippen LogP contribution in [0.1, 0.15) is 41.5 Å². The van der Waals surface area contributed by atoms with E-state index in [-0.39, 0.29) is 10.8 Å². The van der Waals surface area contributed by atoms with Crippen molar-refractivity contribution in [3.63, 3.8) is 0 Å². The molecule has 1 N–H and O–H groups in total. The zero-order valence-electron chi connectivity index (χ0n) is 16.3. The number of anilines is 1. The molecule has 1 amide bonds. The molecular formula is C18H25ClN4O4. The lowest BCUT2D eigenvalue weighted by atomic mass is 10.2. The minimum absolute atomic E-state index is 0.102. The molecule has 0 aliphatic rings. The van der Waals surface area contributed by atoms with Crippen LogP contribution in [0.5, 0.6) is 0 Å². The van der Waals surface area contributed by atoms with Gasteiger partial charge in [-0.1, -0.05) is 11.6 Å². The first kappa shape index (κ1) is 21.1. The van der Waals surface area contributed by atoms with Gasteiger partial charge in [0.25, 0.3) is 0 Å². The second-order valence-corrected chi connectivity index (χ2v) is 8.21. The number of pyridine rings is 1. The number of ether oxygens (including phenoxy) is 2. The largest absolute Gasteiger partial charge is 0.443 e. The number of halogens is 1. The van der Waals surface area contributed by atoms with E-state index in [1.54, 1.807) is 66.1 Å². The average molecular weight is 397 g/mol. The molecule has 9 heteroatoms. The van der Waals surface area contributed by atoms with Gasteiger partial charge in [-0.2, -0.15) is 5.10 Å². The summed E-state index contributed by atoms with van der Waals surface area (Å²) in [4.78, 5) is 17.7. The van der Waals surface area contributed by atoms with Gasteiger partial charge in [-0.05, 0) is 53.7 Å². The SMILES string of the molecule is CC(C)(C)OC(=O)N(c1cnn(-c2cccnc2)c1Cl)C(O)OC(C)(C)C. The zero-order valence-corrected chi connectivity index (χ0v) is 17.1. The number of nitrogens with zero attached hydrogens (tertiary/aromatic N) is 4. The third-order valence-corrected chi connectivity index (χ3v) is 3.47. The summed E-state index contributed by atoms with van der Waals surface area (Å²) in [5.41, 5.74) is -0.746. The van der Waals surface area contributed by atoms with Gasteiger partial charge in [0.1, 0.15) is 11.3 Å². The number of carbonyl (C=O) groups is 1. The number of hydrogen-bond donors (Lipinski definition) is 1. The Morgan fingerprint density at radius 1 is 1.22 bits per heavy atom. The van der Waals surface area contributed by atoms with Crippen LogP contribution in [0, 0.1) is 0 Å². The summed E-state index contributed by atoms with van der Waals surface area (Å²) in [5.74, 6) is 0. The van der Waals surface area contributed by atoms with Crippen molar-refractivity contribution < 1.29 is 19.4 Å². The Kier molecular flexibility index (Phi) is 6.14. The number of aliphatic hydroxyl groups is 1. The van der Waals surface area contributed by atoms with E-state index in [9.17, 15) is 9.90 Å². The zero-order chi connectivity index (χ0) is 20.4. The second-order valence-electron chi connectivity index (χ2n) is 7.85. The van der Waals surface area contributed by atoms with Gasteiger partial charge in [0.05, 0.1) is 23.7 Å². The molecule has 0 aromatic carbocycles. The second kappa shape index (κ2) is 7.84. The van der Waals surface area contributed by atoms with Crippen LogP contribution in [0.3, 0.4) is 0 Å². The first-order chi connectivity index (χ1) is 12.4. The van der Waals surface area contributed by atoms with Crippen LogP contribution in [0.4, 0.5) is 10.5 Å². The molecular weight excluding hydrogens is 372 g/mol. The summed E-state index contributed by atoms with van der Waals surface area (Å²) in [7, 11) is 0. The minimum atomic E-state index is -1.62. The molecule has 0 aliphatic carbocycles. The quantitative estimate of drug-likeness (QED) is 0.791. The number of carbonyl (C=O) groups excluding carboxylic acids is 1. The third-order valence-electron chi connectivity index (χ3n) is 3.11. The van der Waals surface area contributed by atoms with Crippen molar-refractivity contribution >= 4 is 23.4 Å². The average Bonchev–Trinajstić information content (AvgIpc) is 2.86. The smallest absolute Gasteiger partial charge is 0.419 e. The van der Waals surface area contributed by atoms with Crippen LogP contribution in [-0.2, 0) is 9.47 Å². The maximum absolute atomic E-state index is 12.7. The number of aliphatic hydroxyl groups excluding tert-OH is 1. The fraction of sp³-hybridized carbons (Fsp3) is 0.500. The number of aromatic nitrogens is 3. The number of rotatable bonds is 4. The molecule has 148 valence electrons. The van der Waals surface area contributed by atoms with Crippen molar-refractivity contribution in [1.29, 1.82) is 0 Å². The molecule has 0 saturated carbocycles. The van der Waals surface area contributed by atoms with E-state index in [1.165, 1.54) is 10.9 Å².